The number of nitro benzene ring substituents is 1. The summed E-state index contributed by atoms with van der Waals surface area (Å²) >= 11 is 0. The largest absolute Gasteiger partial charge is 0.360 e. The highest BCUT2D eigenvalue weighted by molar-refractivity contribution is 6.13. The third-order valence-corrected chi connectivity index (χ3v) is 5.91. The van der Waals surface area contributed by atoms with E-state index >= 15 is 0 Å². The minimum Gasteiger partial charge on any atom is -0.360 e. The van der Waals surface area contributed by atoms with Crippen LogP contribution in [0.1, 0.15) is 52.5 Å². The van der Waals surface area contributed by atoms with Gasteiger partial charge in [0.1, 0.15) is 0 Å². The minimum absolute atomic E-state index is 0.0112. The molecule has 1 fully saturated rings. The van der Waals surface area contributed by atoms with Crippen LogP contribution in [0.3, 0.4) is 0 Å². The molecule has 1 aliphatic heterocycles. The molecule has 0 radical (unpaired) electrons. The fourth-order valence-electron chi connectivity index (χ4n) is 4.10. The first kappa shape index (κ1) is 20.6. The Morgan fingerprint density at radius 2 is 2.00 bits per heavy atom. The highest BCUT2D eigenvalue weighted by Crippen LogP contribution is 2.26. The van der Waals surface area contributed by atoms with Crippen molar-refractivity contribution in [1.82, 2.24) is 9.88 Å². The van der Waals surface area contributed by atoms with Crippen LogP contribution in [0.5, 0.6) is 0 Å². The van der Waals surface area contributed by atoms with Gasteiger partial charge in [0.15, 0.2) is 0 Å². The number of nitro groups is 1. The zero-order valence-electron chi connectivity index (χ0n) is 17.5. The van der Waals surface area contributed by atoms with Crippen molar-refractivity contribution in [1.29, 1.82) is 0 Å². The Hall–Kier alpha value is -3.68. The van der Waals surface area contributed by atoms with Gasteiger partial charge in [0, 0.05) is 53.1 Å². The first-order valence-corrected chi connectivity index (χ1v) is 10.3. The van der Waals surface area contributed by atoms with Crippen LogP contribution >= 0.6 is 0 Å². The minimum atomic E-state index is -0.489. The summed E-state index contributed by atoms with van der Waals surface area (Å²) in [5.74, 6) is -0.365. The van der Waals surface area contributed by atoms with Crippen molar-refractivity contribution in [2.45, 2.75) is 39.2 Å². The number of aromatic amines is 1. The normalized spacial score (nSPS) is 16.3. The number of nitrogens with zero attached hydrogens (tertiary/aromatic N) is 2. The van der Waals surface area contributed by atoms with E-state index in [9.17, 15) is 19.7 Å². The van der Waals surface area contributed by atoms with Crippen molar-refractivity contribution in [2.24, 2.45) is 0 Å². The molecule has 31 heavy (non-hydrogen) atoms. The maximum Gasteiger partial charge on any atom is 0.270 e. The number of nitrogens with one attached hydrogen (secondary N) is 2. The quantitative estimate of drug-likeness (QED) is 0.473. The van der Waals surface area contributed by atoms with Gasteiger partial charge < -0.3 is 15.2 Å². The molecule has 2 aromatic carbocycles. The molecule has 1 aliphatic rings. The Balaban J connectivity index is 1.55. The van der Waals surface area contributed by atoms with E-state index in [1.54, 1.807) is 24.3 Å². The van der Waals surface area contributed by atoms with Crippen LogP contribution in [-0.2, 0) is 0 Å². The summed E-state index contributed by atoms with van der Waals surface area (Å²) < 4.78 is 0. The highest BCUT2D eigenvalue weighted by atomic mass is 16.6. The monoisotopic (exact) mass is 420 g/mol. The summed E-state index contributed by atoms with van der Waals surface area (Å²) in [4.78, 5) is 41.2. The van der Waals surface area contributed by atoms with E-state index in [1.165, 1.54) is 18.3 Å². The van der Waals surface area contributed by atoms with Gasteiger partial charge in [-0.2, -0.15) is 0 Å². The Labute approximate surface area is 179 Å². The van der Waals surface area contributed by atoms with Crippen molar-refractivity contribution in [3.05, 3.63) is 69.4 Å². The molecule has 160 valence electrons. The van der Waals surface area contributed by atoms with Crippen LogP contribution < -0.4 is 5.32 Å². The summed E-state index contributed by atoms with van der Waals surface area (Å²) in [6.07, 6.45) is 4.72. The molecule has 2 amide bonds. The summed E-state index contributed by atoms with van der Waals surface area (Å²) in [6, 6.07) is 9.83. The van der Waals surface area contributed by atoms with Crippen LogP contribution in [0.15, 0.2) is 42.6 Å². The van der Waals surface area contributed by atoms with Gasteiger partial charge in [-0.3, -0.25) is 19.7 Å². The molecule has 0 aliphatic carbocycles. The molecule has 3 aromatic rings. The second-order valence-electron chi connectivity index (χ2n) is 8.02. The number of carbonyl (C=O) groups excluding carboxylic acids is 2. The first-order chi connectivity index (χ1) is 14.8. The number of aryl methyl sites for hydroxylation is 1. The molecule has 8 nitrogen and oxygen atoms in total. The first-order valence-electron chi connectivity index (χ1n) is 10.3. The van der Waals surface area contributed by atoms with Gasteiger partial charge in [0.05, 0.1) is 10.5 Å². The predicted octanol–water partition coefficient (Wildman–Crippen LogP) is 4.65. The van der Waals surface area contributed by atoms with Crippen LogP contribution in [-0.4, -0.2) is 39.2 Å². The van der Waals surface area contributed by atoms with Gasteiger partial charge in [-0.05, 0) is 62.9 Å². The van der Waals surface area contributed by atoms with Gasteiger partial charge in [-0.1, -0.05) is 0 Å². The fraction of sp³-hybridized carbons (Fsp3) is 0.304. The lowest BCUT2D eigenvalue weighted by atomic mass is 10.0. The van der Waals surface area contributed by atoms with Gasteiger partial charge in [-0.25, -0.2) is 0 Å². The number of fused-ring (bicyclic) bond motifs is 1. The van der Waals surface area contributed by atoms with E-state index in [1.807, 2.05) is 11.8 Å². The zero-order valence-corrected chi connectivity index (χ0v) is 17.5. The number of hydrogen-bond acceptors (Lipinski definition) is 4. The predicted molar refractivity (Wildman–Crippen MR) is 118 cm³/mol. The van der Waals surface area contributed by atoms with E-state index in [0.717, 1.165) is 31.4 Å². The molecule has 1 unspecified atom stereocenters. The summed E-state index contributed by atoms with van der Waals surface area (Å²) in [7, 11) is 0. The molecule has 0 spiro atoms. The molecule has 2 N–H and O–H groups in total. The lowest BCUT2D eigenvalue weighted by molar-refractivity contribution is -0.384. The highest BCUT2D eigenvalue weighted by Gasteiger charge is 2.24. The average Bonchev–Trinajstić information content (AvgIpc) is 3.18. The molecule has 0 bridgehead atoms. The third kappa shape index (κ3) is 4.01. The fourth-order valence-corrected chi connectivity index (χ4v) is 4.10. The number of carbonyl (C=O) groups is 2. The molecular weight excluding hydrogens is 396 g/mol. The van der Waals surface area contributed by atoms with E-state index in [-0.39, 0.29) is 23.5 Å². The number of aromatic nitrogens is 1. The molecule has 1 aromatic heterocycles. The molecule has 8 heteroatoms. The van der Waals surface area contributed by atoms with Crippen LogP contribution in [0.2, 0.25) is 0 Å². The molecule has 0 saturated carbocycles. The second kappa shape index (κ2) is 8.22. The van der Waals surface area contributed by atoms with Crippen molar-refractivity contribution in [3.8, 4) is 0 Å². The average molecular weight is 420 g/mol. The van der Waals surface area contributed by atoms with Crippen LogP contribution in [0.4, 0.5) is 11.4 Å². The van der Waals surface area contributed by atoms with Gasteiger partial charge in [-0.15, -0.1) is 0 Å². The van der Waals surface area contributed by atoms with Crippen molar-refractivity contribution < 1.29 is 14.5 Å². The molecule has 1 atom stereocenters. The number of benzene rings is 2. The molecule has 4 rings (SSSR count). The number of rotatable bonds is 4. The standard InChI is InChI=1S/C23H24N4O4/c1-14-11-16(23(29)26-10-4-3-5-15(26)2)6-8-20(14)25-22(28)19-13-24-21-9-7-17(27(30)31)12-18(19)21/h6-9,11-13,15,24H,3-5,10H2,1-2H3,(H,25,28). The molecular formula is C23H24N4O4. The lowest BCUT2D eigenvalue weighted by Crippen LogP contribution is -2.42. The number of H-pyrrole nitrogens is 1. The number of non-ortho nitro benzene ring substituents is 1. The maximum atomic E-state index is 12.9. The Kier molecular flexibility index (Phi) is 5.46. The van der Waals surface area contributed by atoms with Gasteiger partial charge in [0.25, 0.3) is 17.5 Å². The Morgan fingerprint density at radius 1 is 1.19 bits per heavy atom. The van der Waals surface area contributed by atoms with E-state index in [4.69, 9.17) is 0 Å². The molecule has 2 heterocycles. The van der Waals surface area contributed by atoms with Gasteiger partial charge >= 0.3 is 0 Å². The zero-order chi connectivity index (χ0) is 22.1. The van der Waals surface area contributed by atoms with Crippen molar-refractivity contribution >= 4 is 34.1 Å². The number of amides is 2. The van der Waals surface area contributed by atoms with Crippen LogP contribution in [0, 0.1) is 17.0 Å². The summed E-state index contributed by atoms with van der Waals surface area (Å²) in [6.45, 7) is 4.68. The number of piperidine rings is 1. The SMILES string of the molecule is Cc1cc(C(=O)N2CCCCC2C)ccc1NC(=O)c1c[nH]c2ccc([N+](=O)[O-])cc12. The topological polar surface area (TPSA) is 108 Å². The Bertz CT molecular complexity index is 1180. The van der Waals surface area contributed by atoms with Gasteiger partial charge in [0.2, 0.25) is 0 Å². The lowest BCUT2D eigenvalue weighted by Gasteiger charge is -2.33. The number of anilines is 1. The summed E-state index contributed by atoms with van der Waals surface area (Å²) in [5, 5.41) is 14.4. The van der Waals surface area contributed by atoms with Crippen LogP contribution in [0.25, 0.3) is 10.9 Å². The summed E-state index contributed by atoms with van der Waals surface area (Å²) in [5.41, 5.74) is 2.85. The van der Waals surface area contributed by atoms with Crippen molar-refractivity contribution in [3.63, 3.8) is 0 Å². The van der Waals surface area contributed by atoms with E-state index in [2.05, 4.69) is 17.2 Å². The Morgan fingerprint density at radius 3 is 2.71 bits per heavy atom. The third-order valence-electron chi connectivity index (χ3n) is 5.91. The van der Waals surface area contributed by atoms with E-state index in [0.29, 0.717) is 27.7 Å². The van der Waals surface area contributed by atoms with Crippen molar-refractivity contribution in [2.75, 3.05) is 11.9 Å². The molecule has 1 saturated heterocycles. The maximum absolute atomic E-state index is 12.9. The number of hydrogen-bond donors (Lipinski definition) is 2. The van der Waals surface area contributed by atoms with E-state index < -0.39 is 4.92 Å². The number of likely N-dealkylation sites (tertiary alicyclic amines) is 1. The smallest absolute Gasteiger partial charge is 0.270 e. The second-order valence-corrected chi connectivity index (χ2v) is 8.02.